The number of hydrogen-bond acceptors (Lipinski definition) is 2. The Morgan fingerprint density at radius 3 is 2.43 bits per heavy atom. The maximum absolute atomic E-state index is 14.5. The van der Waals surface area contributed by atoms with Crippen molar-refractivity contribution in [3.63, 3.8) is 0 Å². The van der Waals surface area contributed by atoms with Gasteiger partial charge in [-0.15, -0.1) is 12.4 Å². The number of hydrogen-bond donors (Lipinski definition) is 1. The second-order valence-corrected chi connectivity index (χ2v) is 5.95. The molecule has 23 heavy (non-hydrogen) atoms. The molecule has 1 heterocycles. The standard InChI is InChI=1S/C15H19ClF4N2.ClH/c1-10-2-3-11(16)13(14(10)17)12(4-5-15(18,19)20)22-8-6-21-7-9-22;/h2-3,12,21H,4-9H2,1H3;1H/t12-;/m0./s1. The predicted molar refractivity (Wildman–Crippen MR) is 85.9 cm³/mol. The van der Waals surface area contributed by atoms with Gasteiger partial charge >= 0.3 is 6.18 Å². The average molecular weight is 375 g/mol. The minimum Gasteiger partial charge on any atom is -0.314 e. The molecule has 1 N–H and O–H groups in total. The molecule has 1 aromatic carbocycles. The highest BCUT2D eigenvalue weighted by atomic mass is 35.5. The summed E-state index contributed by atoms with van der Waals surface area (Å²) in [6.45, 7) is 4.09. The molecule has 0 aliphatic carbocycles. The van der Waals surface area contributed by atoms with Gasteiger partial charge in [-0.25, -0.2) is 4.39 Å². The van der Waals surface area contributed by atoms with E-state index >= 15 is 0 Å². The number of halogens is 6. The van der Waals surface area contributed by atoms with Crippen LogP contribution in [0.2, 0.25) is 5.02 Å². The summed E-state index contributed by atoms with van der Waals surface area (Å²) in [6.07, 6.45) is -5.41. The number of aryl methyl sites for hydroxylation is 1. The molecule has 2 rings (SSSR count). The van der Waals surface area contributed by atoms with Gasteiger partial charge in [0.1, 0.15) is 5.82 Å². The predicted octanol–water partition coefficient (Wildman–Crippen LogP) is 4.50. The lowest BCUT2D eigenvalue weighted by atomic mass is 9.97. The summed E-state index contributed by atoms with van der Waals surface area (Å²) in [7, 11) is 0. The van der Waals surface area contributed by atoms with Crippen LogP contribution >= 0.6 is 24.0 Å². The van der Waals surface area contributed by atoms with Gasteiger partial charge in [-0.05, 0) is 25.0 Å². The Kier molecular flexibility index (Phi) is 7.58. The Morgan fingerprint density at radius 2 is 1.87 bits per heavy atom. The minimum absolute atomic E-state index is 0. The van der Waals surface area contributed by atoms with Gasteiger partial charge in [0.2, 0.25) is 0 Å². The summed E-state index contributed by atoms with van der Waals surface area (Å²) < 4.78 is 52.3. The van der Waals surface area contributed by atoms with Gasteiger partial charge in [0, 0.05) is 49.2 Å². The first-order valence-electron chi connectivity index (χ1n) is 7.25. The van der Waals surface area contributed by atoms with Gasteiger partial charge in [-0.3, -0.25) is 4.90 Å². The van der Waals surface area contributed by atoms with E-state index < -0.39 is 24.5 Å². The Labute approximate surface area is 144 Å². The van der Waals surface area contributed by atoms with E-state index in [2.05, 4.69) is 5.32 Å². The minimum atomic E-state index is -4.26. The molecule has 0 saturated carbocycles. The van der Waals surface area contributed by atoms with Crippen molar-refractivity contribution in [1.82, 2.24) is 10.2 Å². The fraction of sp³-hybridized carbons (Fsp3) is 0.600. The van der Waals surface area contributed by atoms with E-state index in [1.54, 1.807) is 19.1 Å². The van der Waals surface area contributed by atoms with Crippen LogP contribution in [0.5, 0.6) is 0 Å². The van der Waals surface area contributed by atoms with E-state index in [-0.39, 0.29) is 29.4 Å². The van der Waals surface area contributed by atoms with Gasteiger partial charge < -0.3 is 5.32 Å². The third-order valence-electron chi connectivity index (χ3n) is 3.95. The number of alkyl halides is 3. The quantitative estimate of drug-likeness (QED) is 0.780. The molecule has 0 amide bonds. The molecular weight excluding hydrogens is 355 g/mol. The van der Waals surface area contributed by atoms with Crippen LogP contribution in [-0.2, 0) is 0 Å². The van der Waals surface area contributed by atoms with E-state index in [1.165, 1.54) is 0 Å². The van der Waals surface area contributed by atoms with Crippen LogP contribution in [0, 0.1) is 12.7 Å². The van der Waals surface area contributed by atoms with E-state index in [1.807, 2.05) is 4.90 Å². The number of rotatable bonds is 4. The number of nitrogens with one attached hydrogen (secondary N) is 1. The molecule has 132 valence electrons. The fourth-order valence-electron chi connectivity index (χ4n) is 2.79. The summed E-state index contributed by atoms with van der Waals surface area (Å²) in [5.74, 6) is -0.502. The molecule has 1 aliphatic heterocycles. The summed E-state index contributed by atoms with van der Waals surface area (Å²) >= 11 is 6.10. The molecule has 0 spiro atoms. The molecule has 0 radical (unpaired) electrons. The average Bonchev–Trinajstić information content (AvgIpc) is 2.46. The van der Waals surface area contributed by atoms with Crippen LogP contribution < -0.4 is 5.32 Å². The SMILES string of the molecule is Cc1ccc(Cl)c([C@H](CCC(F)(F)F)N2CCNCC2)c1F.Cl. The summed E-state index contributed by atoms with van der Waals surface area (Å²) in [6, 6.07) is 2.44. The third-order valence-corrected chi connectivity index (χ3v) is 4.28. The third kappa shape index (κ3) is 5.48. The Bertz CT molecular complexity index is 517. The smallest absolute Gasteiger partial charge is 0.314 e. The van der Waals surface area contributed by atoms with Crippen molar-refractivity contribution < 1.29 is 17.6 Å². The number of nitrogens with zero attached hydrogens (tertiary/aromatic N) is 1. The molecule has 0 aromatic heterocycles. The fourth-order valence-corrected chi connectivity index (χ4v) is 3.06. The maximum atomic E-state index is 14.5. The zero-order valence-corrected chi connectivity index (χ0v) is 14.3. The lowest BCUT2D eigenvalue weighted by Gasteiger charge is -2.36. The van der Waals surface area contributed by atoms with Crippen molar-refractivity contribution in [2.24, 2.45) is 0 Å². The Morgan fingerprint density at radius 1 is 1.26 bits per heavy atom. The zero-order chi connectivity index (χ0) is 16.3. The first kappa shape index (κ1) is 20.5. The molecule has 0 bridgehead atoms. The topological polar surface area (TPSA) is 15.3 Å². The second-order valence-electron chi connectivity index (χ2n) is 5.55. The first-order chi connectivity index (χ1) is 10.3. The maximum Gasteiger partial charge on any atom is 0.389 e. The van der Waals surface area contributed by atoms with Crippen LogP contribution in [-0.4, -0.2) is 37.3 Å². The van der Waals surface area contributed by atoms with Crippen LogP contribution in [0.25, 0.3) is 0 Å². The number of benzene rings is 1. The van der Waals surface area contributed by atoms with Gasteiger partial charge in [-0.2, -0.15) is 13.2 Å². The van der Waals surface area contributed by atoms with Crippen molar-refractivity contribution in [1.29, 1.82) is 0 Å². The van der Waals surface area contributed by atoms with Crippen molar-refractivity contribution in [2.45, 2.75) is 32.0 Å². The van der Waals surface area contributed by atoms with Crippen LogP contribution in [0.1, 0.15) is 30.0 Å². The second kappa shape index (κ2) is 8.51. The Hall–Kier alpha value is -0.560. The van der Waals surface area contributed by atoms with E-state index in [4.69, 9.17) is 11.6 Å². The summed E-state index contributed by atoms with van der Waals surface area (Å²) in [5.41, 5.74) is 0.583. The van der Waals surface area contributed by atoms with E-state index in [0.717, 1.165) is 0 Å². The van der Waals surface area contributed by atoms with Gasteiger partial charge in [0.15, 0.2) is 0 Å². The molecule has 1 saturated heterocycles. The Balaban J connectivity index is 0.00000264. The molecule has 1 aromatic rings. The molecule has 8 heteroatoms. The lowest BCUT2D eigenvalue weighted by molar-refractivity contribution is -0.138. The monoisotopic (exact) mass is 374 g/mol. The van der Waals surface area contributed by atoms with Gasteiger partial charge in [-0.1, -0.05) is 17.7 Å². The summed E-state index contributed by atoms with van der Waals surface area (Å²) in [4.78, 5) is 1.88. The van der Waals surface area contributed by atoms with Crippen LogP contribution in [0.15, 0.2) is 12.1 Å². The molecule has 1 aliphatic rings. The van der Waals surface area contributed by atoms with Gasteiger partial charge in [0.25, 0.3) is 0 Å². The van der Waals surface area contributed by atoms with Gasteiger partial charge in [0.05, 0.1) is 0 Å². The molecule has 0 unspecified atom stereocenters. The molecule has 1 atom stereocenters. The molecular formula is C15H20Cl2F4N2. The largest absolute Gasteiger partial charge is 0.389 e. The highest BCUT2D eigenvalue weighted by Crippen LogP contribution is 2.37. The van der Waals surface area contributed by atoms with Crippen molar-refractivity contribution in [2.75, 3.05) is 26.2 Å². The van der Waals surface area contributed by atoms with Crippen molar-refractivity contribution in [3.8, 4) is 0 Å². The lowest BCUT2D eigenvalue weighted by Crippen LogP contribution is -2.45. The first-order valence-corrected chi connectivity index (χ1v) is 7.63. The van der Waals surface area contributed by atoms with Crippen molar-refractivity contribution >= 4 is 24.0 Å². The molecule has 2 nitrogen and oxygen atoms in total. The van der Waals surface area contributed by atoms with Crippen LogP contribution in [0.4, 0.5) is 17.6 Å². The zero-order valence-electron chi connectivity index (χ0n) is 12.7. The normalized spacial score (nSPS) is 17.7. The number of piperazine rings is 1. The summed E-state index contributed by atoms with van der Waals surface area (Å²) in [5, 5.41) is 3.33. The van der Waals surface area contributed by atoms with E-state index in [9.17, 15) is 17.6 Å². The van der Waals surface area contributed by atoms with Crippen molar-refractivity contribution in [3.05, 3.63) is 34.1 Å². The van der Waals surface area contributed by atoms with Crippen LogP contribution in [0.3, 0.4) is 0 Å². The molecule has 1 fully saturated rings. The highest BCUT2D eigenvalue weighted by molar-refractivity contribution is 6.31. The highest BCUT2D eigenvalue weighted by Gasteiger charge is 2.33. The van der Waals surface area contributed by atoms with E-state index in [0.29, 0.717) is 31.7 Å².